The summed E-state index contributed by atoms with van der Waals surface area (Å²) < 4.78 is 4.61. The Hall–Kier alpha value is -1.57. The van der Waals surface area contributed by atoms with Gasteiger partial charge in [0.15, 0.2) is 0 Å². The molecule has 24 heavy (non-hydrogen) atoms. The highest BCUT2D eigenvalue weighted by atomic mass is 32.1. The quantitative estimate of drug-likeness (QED) is 0.665. The molecule has 0 N–H and O–H groups in total. The van der Waals surface area contributed by atoms with Crippen LogP contribution in [0.25, 0.3) is 5.78 Å². The lowest BCUT2D eigenvalue weighted by molar-refractivity contribution is 0.130. The molecule has 0 unspecified atom stereocenters. The van der Waals surface area contributed by atoms with Crippen molar-refractivity contribution in [1.82, 2.24) is 24.1 Å². The maximum absolute atomic E-state index is 5.66. The van der Waals surface area contributed by atoms with Gasteiger partial charge in [-0.05, 0) is 62.0 Å². The van der Waals surface area contributed by atoms with Gasteiger partial charge in [0.1, 0.15) is 0 Å². The Morgan fingerprint density at radius 3 is 3.00 bits per heavy atom. The van der Waals surface area contributed by atoms with Crippen molar-refractivity contribution >= 4 is 29.3 Å². The number of hydrogen-bond acceptors (Lipinski definition) is 5. The molecule has 3 aromatic rings. The Kier molecular flexibility index (Phi) is 4.02. The largest absolute Gasteiger partial charge is 0.277 e. The molecule has 0 saturated heterocycles. The first-order valence-corrected chi connectivity index (χ1v) is 9.61. The summed E-state index contributed by atoms with van der Waals surface area (Å²) in [7, 11) is 0. The van der Waals surface area contributed by atoms with Gasteiger partial charge >= 0.3 is 0 Å². The van der Waals surface area contributed by atoms with Gasteiger partial charge < -0.3 is 0 Å². The van der Waals surface area contributed by atoms with Crippen LogP contribution in [0.1, 0.15) is 41.2 Å². The third-order valence-electron chi connectivity index (χ3n) is 4.78. The van der Waals surface area contributed by atoms with Crippen LogP contribution in [0.15, 0.2) is 17.5 Å². The molecule has 5 nitrogen and oxygen atoms in total. The van der Waals surface area contributed by atoms with E-state index in [1.54, 1.807) is 0 Å². The Labute approximate surface area is 150 Å². The van der Waals surface area contributed by atoms with Crippen molar-refractivity contribution in [3.05, 3.63) is 44.1 Å². The van der Waals surface area contributed by atoms with Gasteiger partial charge in [-0.1, -0.05) is 6.92 Å². The lowest BCUT2D eigenvalue weighted by Crippen LogP contribution is -2.36. The fraction of sp³-hybridized carbons (Fsp3) is 0.471. The first-order chi connectivity index (χ1) is 11.6. The number of hydrogen-bond donors (Lipinski definition) is 0. The molecule has 0 spiro atoms. The second kappa shape index (κ2) is 6.06. The van der Waals surface area contributed by atoms with Crippen LogP contribution in [0.3, 0.4) is 0 Å². The molecule has 0 aliphatic carbocycles. The van der Waals surface area contributed by atoms with Gasteiger partial charge in [-0.2, -0.15) is 0 Å². The molecule has 1 aliphatic rings. The highest BCUT2D eigenvalue weighted by Gasteiger charge is 2.27. The van der Waals surface area contributed by atoms with Crippen molar-refractivity contribution in [3.63, 3.8) is 0 Å². The zero-order valence-electron chi connectivity index (χ0n) is 14.2. The molecule has 1 atom stereocenters. The Balaban J connectivity index is 1.71. The lowest BCUT2D eigenvalue weighted by atomic mass is 9.98. The van der Waals surface area contributed by atoms with E-state index in [1.165, 1.54) is 10.4 Å². The lowest BCUT2D eigenvalue weighted by Gasteiger charge is -2.34. The Bertz CT molecular complexity index is 952. The number of rotatable bonds is 3. The van der Waals surface area contributed by atoms with Gasteiger partial charge in [0.25, 0.3) is 5.78 Å². The normalized spacial score (nSPS) is 18.2. The highest BCUT2D eigenvalue weighted by molar-refractivity contribution is 7.71. The summed E-state index contributed by atoms with van der Waals surface area (Å²) in [6.45, 7) is 8.06. The second-order valence-corrected chi connectivity index (χ2v) is 7.75. The Morgan fingerprint density at radius 2 is 2.21 bits per heavy atom. The molecule has 4 heterocycles. The molecule has 3 aromatic heterocycles. The third-order valence-corrected chi connectivity index (χ3v) is 6.17. The minimum atomic E-state index is 0.447. The topological polar surface area (TPSA) is 38.4 Å². The molecule has 0 saturated carbocycles. The molecule has 0 radical (unpaired) electrons. The van der Waals surface area contributed by atoms with Gasteiger partial charge in [-0.3, -0.25) is 9.30 Å². The van der Waals surface area contributed by atoms with E-state index in [9.17, 15) is 0 Å². The predicted molar refractivity (Wildman–Crippen MR) is 99.0 cm³/mol. The fourth-order valence-corrected chi connectivity index (χ4v) is 4.95. The van der Waals surface area contributed by atoms with Crippen molar-refractivity contribution in [2.75, 3.05) is 6.54 Å². The molecule has 4 rings (SSSR count). The molecule has 126 valence electrons. The van der Waals surface area contributed by atoms with Crippen molar-refractivity contribution in [2.45, 2.75) is 46.3 Å². The zero-order valence-corrected chi connectivity index (χ0v) is 15.8. The van der Waals surface area contributed by atoms with E-state index in [4.69, 9.17) is 12.2 Å². The number of fused-ring (bicyclic) bond motifs is 2. The SMILES string of the molecule is CC[C@H]1c2ccsc2CCN1Cn1nc2nc(C)cc(C)n2c1=S. The summed E-state index contributed by atoms with van der Waals surface area (Å²) in [5.41, 5.74) is 3.54. The smallest absolute Gasteiger partial charge is 0.254 e. The van der Waals surface area contributed by atoms with E-state index >= 15 is 0 Å². The van der Waals surface area contributed by atoms with Crippen molar-refractivity contribution in [2.24, 2.45) is 0 Å². The zero-order chi connectivity index (χ0) is 16.8. The molecular weight excluding hydrogens is 338 g/mol. The van der Waals surface area contributed by atoms with Crippen LogP contribution in [-0.4, -0.2) is 30.6 Å². The number of nitrogens with zero attached hydrogens (tertiary/aromatic N) is 5. The summed E-state index contributed by atoms with van der Waals surface area (Å²) in [4.78, 5) is 8.54. The summed E-state index contributed by atoms with van der Waals surface area (Å²) in [5, 5.41) is 6.88. The minimum Gasteiger partial charge on any atom is -0.277 e. The predicted octanol–water partition coefficient (Wildman–Crippen LogP) is 3.91. The number of aryl methyl sites for hydroxylation is 2. The van der Waals surface area contributed by atoms with E-state index < -0.39 is 0 Å². The van der Waals surface area contributed by atoms with E-state index in [0.717, 1.165) is 35.5 Å². The Morgan fingerprint density at radius 1 is 1.38 bits per heavy atom. The van der Waals surface area contributed by atoms with Crippen molar-refractivity contribution in [3.8, 4) is 0 Å². The standard InChI is InChI=1S/C17H21N5S2/c1-4-14-13-6-8-24-15(13)5-7-20(14)10-21-17(23)22-12(3)9-11(2)18-16(22)19-21/h6,8-9,14H,4-5,7,10H2,1-3H3/t14-/m0/s1. The van der Waals surface area contributed by atoms with Gasteiger partial charge in [-0.15, -0.1) is 16.4 Å². The van der Waals surface area contributed by atoms with E-state index in [-0.39, 0.29) is 0 Å². The maximum Gasteiger partial charge on any atom is 0.254 e. The summed E-state index contributed by atoms with van der Waals surface area (Å²) in [6, 6.07) is 4.77. The maximum atomic E-state index is 5.66. The van der Waals surface area contributed by atoms with Gasteiger partial charge in [0.2, 0.25) is 4.77 Å². The molecule has 0 aromatic carbocycles. The fourth-order valence-electron chi connectivity index (χ4n) is 3.69. The van der Waals surface area contributed by atoms with Crippen molar-refractivity contribution in [1.29, 1.82) is 0 Å². The summed E-state index contributed by atoms with van der Waals surface area (Å²) in [6.07, 6.45) is 2.21. The van der Waals surface area contributed by atoms with Crippen LogP contribution in [0.2, 0.25) is 0 Å². The monoisotopic (exact) mass is 359 g/mol. The van der Waals surface area contributed by atoms with Crippen LogP contribution >= 0.6 is 23.6 Å². The molecule has 0 bridgehead atoms. The van der Waals surface area contributed by atoms with E-state index in [1.807, 2.05) is 33.4 Å². The molecule has 1 aliphatic heterocycles. The van der Waals surface area contributed by atoms with Crippen molar-refractivity contribution < 1.29 is 0 Å². The molecule has 0 fully saturated rings. The minimum absolute atomic E-state index is 0.447. The number of thiophene rings is 1. The van der Waals surface area contributed by atoms with Crippen LogP contribution in [-0.2, 0) is 13.1 Å². The third kappa shape index (κ3) is 2.51. The first-order valence-electron chi connectivity index (χ1n) is 8.32. The molecular formula is C17H21N5S2. The number of aromatic nitrogens is 4. The van der Waals surface area contributed by atoms with Gasteiger partial charge in [0.05, 0.1) is 6.67 Å². The second-order valence-electron chi connectivity index (χ2n) is 6.38. The van der Waals surface area contributed by atoms with Gasteiger partial charge in [-0.25, -0.2) is 9.67 Å². The van der Waals surface area contributed by atoms with Crippen LogP contribution in [0.4, 0.5) is 0 Å². The van der Waals surface area contributed by atoms with E-state index in [2.05, 4.69) is 40.3 Å². The average Bonchev–Trinajstić information content (AvgIpc) is 3.12. The highest BCUT2D eigenvalue weighted by Crippen LogP contribution is 2.35. The molecule has 7 heteroatoms. The summed E-state index contributed by atoms with van der Waals surface area (Å²) in [5.74, 6) is 0.693. The first kappa shape index (κ1) is 15.9. The van der Waals surface area contributed by atoms with Crippen LogP contribution in [0, 0.1) is 18.6 Å². The van der Waals surface area contributed by atoms with Crippen LogP contribution < -0.4 is 0 Å². The van der Waals surface area contributed by atoms with Gasteiger partial charge in [0, 0.05) is 28.9 Å². The average molecular weight is 360 g/mol. The summed E-state index contributed by atoms with van der Waals surface area (Å²) >= 11 is 7.54. The molecule has 0 amide bonds. The van der Waals surface area contributed by atoms with Crippen LogP contribution in [0.5, 0.6) is 0 Å². The van der Waals surface area contributed by atoms with E-state index in [0.29, 0.717) is 18.5 Å².